The standard InChI is InChI=1S/C14H10Cl2F2O/c15-10-2-4-12(17)9(5-10)7-14(19)8-1-3-11(16)13(18)6-8/h1-6,14,19H,7H2. The maximum atomic E-state index is 13.5. The molecule has 0 saturated heterocycles. The van der Waals surface area contributed by atoms with Crippen molar-refractivity contribution in [3.8, 4) is 0 Å². The van der Waals surface area contributed by atoms with Gasteiger partial charge < -0.3 is 5.11 Å². The molecule has 0 aliphatic carbocycles. The Labute approximate surface area is 119 Å². The van der Waals surface area contributed by atoms with Crippen LogP contribution in [0.4, 0.5) is 8.78 Å². The van der Waals surface area contributed by atoms with Crippen LogP contribution in [0.2, 0.25) is 10.0 Å². The van der Waals surface area contributed by atoms with Crippen LogP contribution in [0.5, 0.6) is 0 Å². The van der Waals surface area contributed by atoms with Gasteiger partial charge in [-0.05, 0) is 41.5 Å². The zero-order chi connectivity index (χ0) is 14.0. The Bertz CT molecular complexity index is 602. The SMILES string of the molecule is OC(Cc1cc(Cl)ccc1F)c1ccc(Cl)c(F)c1. The molecule has 0 saturated carbocycles. The van der Waals surface area contributed by atoms with E-state index in [2.05, 4.69) is 0 Å². The Kier molecular flexibility index (Phi) is 4.40. The fraction of sp³-hybridized carbons (Fsp3) is 0.143. The minimum Gasteiger partial charge on any atom is -0.388 e. The van der Waals surface area contributed by atoms with Crippen LogP contribution in [-0.4, -0.2) is 5.11 Å². The van der Waals surface area contributed by atoms with Crippen LogP contribution in [0, 0.1) is 11.6 Å². The van der Waals surface area contributed by atoms with E-state index in [-0.39, 0.29) is 17.0 Å². The summed E-state index contributed by atoms with van der Waals surface area (Å²) >= 11 is 11.3. The van der Waals surface area contributed by atoms with Gasteiger partial charge in [-0.15, -0.1) is 0 Å². The average molecular weight is 303 g/mol. The highest BCUT2D eigenvalue weighted by Crippen LogP contribution is 2.25. The smallest absolute Gasteiger partial charge is 0.142 e. The molecule has 0 aliphatic heterocycles. The summed E-state index contributed by atoms with van der Waals surface area (Å²) in [6.07, 6.45) is -1.02. The third kappa shape index (κ3) is 3.44. The second kappa shape index (κ2) is 5.87. The van der Waals surface area contributed by atoms with Gasteiger partial charge in [-0.1, -0.05) is 29.3 Å². The number of aliphatic hydroxyl groups is 1. The molecule has 0 spiro atoms. The van der Waals surface area contributed by atoms with Crippen molar-refractivity contribution in [2.75, 3.05) is 0 Å². The van der Waals surface area contributed by atoms with Crippen LogP contribution < -0.4 is 0 Å². The first-order valence-electron chi connectivity index (χ1n) is 5.54. The van der Waals surface area contributed by atoms with E-state index in [1.165, 1.54) is 30.3 Å². The molecule has 5 heteroatoms. The van der Waals surface area contributed by atoms with Gasteiger partial charge in [-0.2, -0.15) is 0 Å². The molecule has 2 aromatic carbocycles. The van der Waals surface area contributed by atoms with Crippen molar-refractivity contribution in [2.24, 2.45) is 0 Å². The third-order valence-electron chi connectivity index (χ3n) is 2.75. The summed E-state index contributed by atoms with van der Waals surface area (Å²) in [6.45, 7) is 0. The zero-order valence-electron chi connectivity index (χ0n) is 9.71. The quantitative estimate of drug-likeness (QED) is 0.882. The van der Waals surface area contributed by atoms with Gasteiger partial charge in [-0.3, -0.25) is 0 Å². The summed E-state index contributed by atoms with van der Waals surface area (Å²) in [5.74, 6) is -1.08. The number of halogens is 4. The number of hydrogen-bond acceptors (Lipinski definition) is 1. The second-order valence-corrected chi connectivity index (χ2v) is 4.97. The Morgan fingerprint density at radius 3 is 2.42 bits per heavy atom. The summed E-state index contributed by atoms with van der Waals surface area (Å²) in [5, 5.41) is 10.3. The lowest BCUT2D eigenvalue weighted by molar-refractivity contribution is 0.176. The first-order valence-corrected chi connectivity index (χ1v) is 6.30. The number of benzene rings is 2. The highest BCUT2D eigenvalue weighted by molar-refractivity contribution is 6.31. The van der Waals surface area contributed by atoms with E-state index in [0.717, 1.165) is 6.07 Å². The molecule has 0 radical (unpaired) electrons. The van der Waals surface area contributed by atoms with Crippen LogP contribution in [0.15, 0.2) is 36.4 Å². The summed E-state index contributed by atoms with van der Waals surface area (Å²) < 4.78 is 26.8. The monoisotopic (exact) mass is 302 g/mol. The topological polar surface area (TPSA) is 20.2 Å². The summed E-state index contributed by atoms with van der Waals surface area (Å²) in [6, 6.07) is 8.08. The lowest BCUT2D eigenvalue weighted by Crippen LogP contribution is -2.04. The molecule has 1 nitrogen and oxygen atoms in total. The second-order valence-electron chi connectivity index (χ2n) is 4.13. The number of hydrogen-bond donors (Lipinski definition) is 1. The van der Waals surface area contributed by atoms with Crippen molar-refractivity contribution in [1.82, 2.24) is 0 Å². The summed E-state index contributed by atoms with van der Waals surface area (Å²) in [5.41, 5.74) is 0.608. The first-order chi connectivity index (χ1) is 8.97. The number of rotatable bonds is 3. The van der Waals surface area contributed by atoms with Crippen LogP contribution in [0.25, 0.3) is 0 Å². The van der Waals surface area contributed by atoms with Crippen molar-refractivity contribution in [3.63, 3.8) is 0 Å². The minimum absolute atomic E-state index is 0.00741. The first kappa shape index (κ1) is 14.3. The maximum Gasteiger partial charge on any atom is 0.142 e. The van der Waals surface area contributed by atoms with Crippen LogP contribution in [-0.2, 0) is 6.42 Å². The number of aliphatic hydroxyl groups excluding tert-OH is 1. The molecule has 0 fully saturated rings. The highest BCUT2D eigenvalue weighted by atomic mass is 35.5. The molecule has 0 amide bonds. The van der Waals surface area contributed by atoms with Gasteiger partial charge >= 0.3 is 0 Å². The average Bonchev–Trinajstić information content (AvgIpc) is 2.37. The molecular formula is C14H10Cl2F2O. The van der Waals surface area contributed by atoms with Crippen molar-refractivity contribution in [2.45, 2.75) is 12.5 Å². The van der Waals surface area contributed by atoms with Crippen LogP contribution >= 0.6 is 23.2 Å². The minimum atomic E-state index is -1.03. The summed E-state index contributed by atoms with van der Waals surface area (Å²) in [4.78, 5) is 0. The molecule has 19 heavy (non-hydrogen) atoms. The molecule has 1 N–H and O–H groups in total. The Balaban J connectivity index is 2.22. The fourth-order valence-corrected chi connectivity index (χ4v) is 2.06. The third-order valence-corrected chi connectivity index (χ3v) is 3.29. The maximum absolute atomic E-state index is 13.5. The van der Waals surface area contributed by atoms with Gasteiger partial charge in [0.2, 0.25) is 0 Å². The van der Waals surface area contributed by atoms with E-state index in [1.807, 2.05) is 0 Å². The highest BCUT2D eigenvalue weighted by Gasteiger charge is 2.13. The van der Waals surface area contributed by atoms with Gasteiger partial charge in [0.15, 0.2) is 0 Å². The molecule has 2 rings (SSSR count). The van der Waals surface area contributed by atoms with Crippen molar-refractivity contribution in [1.29, 1.82) is 0 Å². The summed E-state index contributed by atoms with van der Waals surface area (Å²) in [7, 11) is 0. The molecular weight excluding hydrogens is 293 g/mol. The van der Waals surface area contributed by atoms with E-state index < -0.39 is 17.7 Å². The van der Waals surface area contributed by atoms with Crippen molar-refractivity contribution < 1.29 is 13.9 Å². The van der Waals surface area contributed by atoms with E-state index >= 15 is 0 Å². The normalized spacial score (nSPS) is 12.5. The molecule has 1 unspecified atom stereocenters. The lowest BCUT2D eigenvalue weighted by atomic mass is 10.0. The van der Waals surface area contributed by atoms with E-state index in [4.69, 9.17) is 23.2 Å². The van der Waals surface area contributed by atoms with Gasteiger partial charge in [0, 0.05) is 11.4 Å². The molecule has 2 aromatic rings. The largest absolute Gasteiger partial charge is 0.388 e. The predicted molar refractivity (Wildman–Crippen MR) is 71.5 cm³/mol. The van der Waals surface area contributed by atoms with Gasteiger partial charge in [0.1, 0.15) is 11.6 Å². The van der Waals surface area contributed by atoms with E-state index in [1.54, 1.807) is 0 Å². The van der Waals surface area contributed by atoms with E-state index in [9.17, 15) is 13.9 Å². The van der Waals surface area contributed by atoms with Gasteiger partial charge in [0.05, 0.1) is 11.1 Å². The van der Waals surface area contributed by atoms with Crippen molar-refractivity contribution >= 4 is 23.2 Å². The van der Waals surface area contributed by atoms with Crippen LogP contribution in [0.3, 0.4) is 0 Å². The molecule has 100 valence electrons. The zero-order valence-corrected chi connectivity index (χ0v) is 11.2. The van der Waals surface area contributed by atoms with Crippen LogP contribution in [0.1, 0.15) is 17.2 Å². The molecule has 0 heterocycles. The molecule has 0 aliphatic rings. The fourth-order valence-electron chi connectivity index (χ4n) is 1.75. The molecule has 0 bridgehead atoms. The molecule has 0 aromatic heterocycles. The van der Waals surface area contributed by atoms with Crippen molar-refractivity contribution in [3.05, 3.63) is 69.2 Å². The van der Waals surface area contributed by atoms with Gasteiger partial charge in [0.25, 0.3) is 0 Å². The Morgan fingerprint density at radius 2 is 1.74 bits per heavy atom. The lowest BCUT2D eigenvalue weighted by Gasteiger charge is -2.12. The Morgan fingerprint density at radius 1 is 1.00 bits per heavy atom. The predicted octanol–water partition coefficient (Wildman–Crippen LogP) is 4.55. The Hall–Kier alpha value is -1.16. The molecule has 1 atom stereocenters. The van der Waals surface area contributed by atoms with Gasteiger partial charge in [-0.25, -0.2) is 8.78 Å². The van der Waals surface area contributed by atoms with E-state index in [0.29, 0.717) is 10.6 Å².